The van der Waals surface area contributed by atoms with Crippen LogP contribution in [0.4, 0.5) is 4.39 Å². The summed E-state index contributed by atoms with van der Waals surface area (Å²) < 4.78 is 19.5. The molecule has 4 heteroatoms. The first-order valence-corrected chi connectivity index (χ1v) is 8.02. The van der Waals surface area contributed by atoms with Gasteiger partial charge in [0, 0.05) is 12.3 Å². The van der Waals surface area contributed by atoms with Gasteiger partial charge in [0.1, 0.15) is 0 Å². The van der Waals surface area contributed by atoms with E-state index in [2.05, 4.69) is 16.9 Å². The summed E-state index contributed by atoms with van der Waals surface area (Å²) in [5, 5.41) is 0. The van der Waals surface area contributed by atoms with Crippen molar-refractivity contribution < 1.29 is 9.13 Å². The number of pyridine rings is 2. The van der Waals surface area contributed by atoms with Crippen molar-refractivity contribution in [3.63, 3.8) is 0 Å². The van der Waals surface area contributed by atoms with E-state index in [0.717, 1.165) is 12.8 Å². The molecule has 2 aromatic heterocycles. The molecule has 2 aromatic rings. The summed E-state index contributed by atoms with van der Waals surface area (Å²) in [7, 11) is 0. The molecule has 2 heterocycles. The second kappa shape index (κ2) is 9.13. The largest absolute Gasteiger partial charge is 0.478 e. The molecule has 3 nitrogen and oxygen atoms in total. The van der Waals surface area contributed by atoms with Gasteiger partial charge in [-0.25, -0.2) is 0 Å². The molecule has 22 heavy (non-hydrogen) atoms. The fourth-order valence-corrected chi connectivity index (χ4v) is 2.27. The Hall–Kier alpha value is -1.97. The van der Waals surface area contributed by atoms with Crippen LogP contribution in [0.3, 0.4) is 0 Å². The van der Waals surface area contributed by atoms with Gasteiger partial charge in [-0.3, -0.25) is 4.98 Å². The minimum atomic E-state index is -0.542. The highest BCUT2D eigenvalue weighted by Crippen LogP contribution is 2.21. The summed E-state index contributed by atoms with van der Waals surface area (Å²) >= 11 is 0. The number of halogens is 1. The lowest BCUT2D eigenvalue weighted by Gasteiger charge is -2.07. The van der Waals surface area contributed by atoms with E-state index in [1.807, 2.05) is 6.07 Å². The zero-order valence-electron chi connectivity index (χ0n) is 13.1. The van der Waals surface area contributed by atoms with Crippen molar-refractivity contribution in [1.29, 1.82) is 0 Å². The average molecular weight is 302 g/mol. The average Bonchev–Trinajstić information content (AvgIpc) is 2.55. The molecule has 0 bridgehead atoms. The topological polar surface area (TPSA) is 35.0 Å². The van der Waals surface area contributed by atoms with Gasteiger partial charge in [0.25, 0.3) is 0 Å². The van der Waals surface area contributed by atoms with Crippen LogP contribution in [0.2, 0.25) is 0 Å². The van der Waals surface area contributed by atoms with Crippen LogP contribution in [-0.2, 0) is 0 Å². The smallest absolute Gasteiger partial charge is 0.225 e. The second-order valence-corrected chi connectivity index (χ2v) is 5.32. The zero-order chi connectivity index (χ0) is 15.6. The quantitative estimate of drug-likeness (QED) is 0.482. The zero-order valence-corrected chi connectivity index (χ0v) is 13.1. The summed E-state index contributed by atoms with van der Waals surface area (Å²) in [6.07, 6.45) is 8.83. The van der Waals surface area contributed by atoms with E-state index in [4.69, 9.17) is 4.74 Å². The lowest BCUT2D eigenvalue weighted by molar-refractivity contribution is 0.289. The Morgan fingerprint density at radius 1 is 1.00 bits per heavy atom. The molecule has 0 unspecified atom stereocenters. The Balaban J connectivity index is 1.80. The van der Waals surface area contributed by atoms with Crippen molar-refractivity contribution in [2.75, 3.05) is 6.61 Å². The van der Waals surface area contributed by atoms with Crippen molar-refractivity contribution in [3.8, 4) is 17.1 Å². The third-order valence-corrected chi connectivity index (χ3v) is 3.51. The number of unbranched alkanes of at least 4 members (excludes halogenated alkanes) is 5. The van der Waals surface area contributed by atoms with Crippen LogP contribution in [-0.4, -0.2) is 16.6 Å². The highest BCUT2D eigenvalue weighted by atomic mass is 19.1. The van der Waals surface area contributed by atoms with Gasteiger partial charge in [-0.1, -0.05) is 45.1 Å². The van der Waals surface area contributed by atoms with Gasteiger partial charge >= 0.3 is 0 Å². The Bertz CT molecular complexity index is 560. The molecule has 0 amide bonds. The molecule has 0 saturated carbocycles. The molecule has 0 fully saturated rings. The Morgan fingerprint density at radius 3 is 2.55 bits per heavy atom. The third-order valence-electron chi connectivity index (χ3n) is 3.51. The van der Waals surface area contributed by atoms with E-state index < -0.39 is 5.95 Å². The Labute approximate surface area is 131 Å². The van der Waals surface area contributed by atoms with Crippen molar-refractivity contribution in [1.82, 2.24) is 9.97 Å². The monoisotopic (exact) mass is 302 g/mol. The van der Waals surface area contributed by atoms with Gasteiger partial charge in [-0.15, -0.1) is 0 Å². The van der Waals surface area contributed by atoms with Crippen molar-refractivity contribution in [2.45, 2.75) is 45.4 Å². The molecule has 0 aliphatic rings. The first-order valence-electron chi connectivity index (χ1n) is 8.02. The molecule has 0 radical (unpaired) electrons. The van der Waals surface area contributed by atoms with E-state index >= 15 is 0 Å². The molecule has 118 valence electrons. The maximum atomic E-state index is 14.0. The van der Waals surface area contributed by atoms with Crippen molar-refractivity contribution >= 4 is 0 Å². The molecular weight excluding hydrogens is 279 g/mol. The Kier molecular flexibility index (Phi) is 6.81. The van der Waals surface area contributed by atoms with Crippen molar-refractivity contribution in [3.05, 3.63) is 42.5 Å². The van der Waals surface area contributed by atoms with Crippen LogP contribution >= 0.6 is 0 Å². The lowest BCUT2D eigenvalue weighted by atomic mass is 10.1. The van der Waals surface area contributed by atoms with Crippen LogP contribution < -0.4 is 4.74 Å². The molecule has 0 aliphatic carbocycles. The van der Waals surface area contributed by atoms with E-state index in [0.29, 0.717) is 23.7 Å². The number of nitrogens with zero attached hydrogens (tertiary/aromatic N) is 2. The first kappa shape index (κ1) is 16.4. The van der Waals surface area contributed by atoms with Crippen LogP contribution in [0.1, 0.15) is 45.4 Å². The molecule has 0 atom stereocenters. The highest BCUT2D eigenvalue weighted by Gasteiger charge is 2.09. The standard InChI is InChI=1S/C18H23FN2O/c1-2-3-4-5-6-9-14-22-17-12-11-15(18(19)21-17)16-10-7-8-13-20-16/h7-8,10-13H,2-6,9,14H2,1H3. The molecular formula is C18H23FN2O. The summed E-state index contributed by atoms with van der Waals surface area (Å²) in [5.41, 5.74) is 0.975. The fraction of sp³-hybridized carbons (Fsp3) is 0.444. The molecule has 0 aliphatic heterocycles. The van der Waals surface area contributed by atoms with E-state index in [-0.39, 0.29) is 0 Å². The van der Waals surface area contributed by atoms with Gasteiger partial charge in [-0.05, 0) is 24.6 Å². The molecule has 2 rings (SSSR count). The van der Waals surface area contributed by atoms with Gasteiger partial charge in [0.05, 0.1) is 17.9 Å². The van der Waals surface area contributed by atoms with Gasteiger partial charge < -0.3 is 4.74 Å². The predicted molar refractivity (Wildman–Crippen MR) is 86.3 cm³/mol. The van der Waals surface area contributed by atoms with Crippen molar-refractivity contribution in [2.24, 2.45) is 0 Å². The van der Waals surface area contributed by atoms with E-state index in [9.17, 15) is 4.39 Å². The van der Waals surface area contributed by atoms with Crippen LogP contribution in [0, 0.1) is 5.95 Å². The summed E-state index contributed by atoms with van der Waals surface area (Å²) in [4.78, 5) is 8.00. The molecule has 0 aromatic carbocycles. The minimum absolute atomic E-state index is 0.339. The summed E-state index contributed by atoms with van der Waals surface area (Å²) in [6, 6.07) is 8.75. The fourth-order valence-electron chi connectivity index (χ4n) is 2.27. The predicted octanol–water partition coefficient (Wildman–Crippen LogP) is 5.02. The summed E-state index contributed by atoms with van der Waals surface area (Å²) in [6.45, 7) is 2.79. The number of rotatable bonds is 9. The number of hydrogen-bond acceptors (Lipinski definition) is 3. The number of aromatic nitrogens is 2. The number of hydrogen-bond donors (Lipinski definition) is 0. The van der Waals surface area contributed by atoms with Gasteiger partial charge in [-0.2, -0.15) is 9.37 Å². The number of ether oxygens (including phenoxy) is 1. The highest BCUT2D eigenvalue weighted by molar-refractivity contribution is 5.58. The van der Waals surface area contributed by atoms with Gasteiger partial charge in [0.2, 0.25) is 11.8 Å². The second-order valence-electron chi connectivity index (χ2n) is 5.32. The first-order chi connectivity index (χ1) is 10.8. The SMILES string of the molecule is CCCCCCCCOc1ccc(-c2ccccn2)c(F)n1. The molecule has 0 saturated heterocycles. The summed E-state index contributed by atoms with van der Waals surface area (Å²) in [5.74, 6) is -0.204. The minimum Gasteiger partial charge on any atom is -0.478 e. The Morgan fingerprint density at radius 2 is 1.82 bits per heavy atom. The van der Waals surface area contributed by atoms with Crippen LogP contribution in [0.25, 0.3) is 11.3 Å². The van der Waals surface area contributed by atoms with E-state index in [1.165, 1.54) is 25.7 Å². The molecule has 0 spiro atoms. The van der Waals surface area contributed by atoms with Crippen LogP contribution in [0.15, 0.2) is 36.5 Å². The van der Waals surface area contributed by atoms with Gasteiger partial charge in [0.15, 0.2) is 0 Å². The van der Waals surface area contributed by atoms with E-state index in [1.54, 1.807) is 30.5 Å². The third kappa shape index (κ3) is 5.10. The maximum absolute atomic E-state index is 14.0. The van der Waals surface area contributed by atoms with Crippen LogP contribution in [0.5, 0.6) is 5.88 Å². The maximum Gasteiger partial charge on any atom is 0.225 e. The molecule has 0 N–H and O–H groups in total. The normalized spacial score (nSPS) is 10.6. The lowest BCUT2D eigenvalue weighted by Crippen LogP contribution is -2.01.